The van der Waals surface area contributed by atoms with E-state index in [1.54, 1.807) is 0 Å². The van der Waals surface area contributed by atoms with Crippen LogP contribution in [0.3, 0.4) is 0 Å². The highest BCUT2D eigenvalue weighted by atomic mass is 14.7. The average Bonchev–Trinajstić information content (AvgIpc) is 2.02. The van der Waals surface area contributed by atoms with Crippen molar-refractivity contribution in [3.05, 3.63) is 24.3 Å². The fraction of sp³-hybridized carbons (Fsp3) is 0.600. The van der Waals surface area contributed by atoms with Gasteiger partial charge in [0.05, 0.1) is 0 Å². The van der Waals surface area contributed by atoms with Crippen molar-refractivity contribution in [2.45, 2.75) is 33.5 Å². The lowest BCUT2D eigenvalue weighted by molar-refractivity contribution is 0.396. The summed E-state index contributed by atoms with van der Waals surface area (Å²) in [4.78, 5) is 0. The Balaban J connectivity index is 2.24. The molecule has 0 atom stereocenters. The summed E-state index contributed by atoms with van der Waals surface area (Å²) in [7, 11) is 0. The maximum absolute atomic E-state index is 3.32. The Morgan fingerprint density at radius 2 is 2.00 bits per heavy atom. The van der Waals surface area contributed by atoms with Crippen LogP contribution in [0.25, 0.3) is 0 Å². The van der Waals surface area contributed by atoms with Gasteiger partial charge in [-0.15, -0.1) is 0 Å². The number of rotatable bonds is 2. The third-order valence-electron chi connectivity index (χ3n) is 2.07. The molecule has 2 heteroatoms. The van der Waals surface area contributed by atoms with Gasteiger partial charge in [0.15, 0.2) is 0 Å². The van der Waals surface area contributed by atoms with Gasteiger partial charge in [-0.2, -0.15) is 0 Å². The second-order valence-electron chi connectivity index (χ2n) is 4.62. The molecule has 0 fully saturated rings. The van der Waals surface area contributed by atoms with Gasteiger partial charge in [-0.05, 0) is 24.0 Å². The van der Waals surface area contributed by atoms with Gasteiger partial charge in [-0.1, -0.05) is 39.2 Å². The zero-order chi connectivity index (χ0) is 9.03. The molecule has 1 N–H and O–H groups in total. The number of nitrogens with one attached hydrogen (secondary N) is 1. The van der Waals surface area contributed by atoms with Gasteiger partial charge in [-0.25, -0.2) is 0 Å². The summed E-state index contributed by atoms with van der Waals surface area (Å²) in [5.74, 6) is 2.23. The van der Waals surface area contributed by atoms with E-state index in [1.165, 1.54) is 12.7 Å². The first kappa shape index (κ1) is 9.43. The summed E-state index contributed by atoms with van der Waals surface area (Å²) in [5.41, 5.74) is 0.455. The number of hydrogen-bond donors (Lipinski definition) is 1. The molecular formula is C10H18BN. The van der Waals surface area contributed by atoms with Crippen molar-refractivity contribution < 1.29 is 0 Å². The van der Waals surface area contributed by atoms with E-state index < -0.39 is 0 Å². The minimum absolute atomic E-state index is 0.455. The molecule has 0 amide bonds. The molecule has 1 heterocycles. The Labute approximate surface area is 76.0 Å². The predicted octanol–water partition coefficient (Wildman–Crippen LogP) is 2.63. The molecule has 0 unspecified atom stereocenters. The van der Waals surface area contributed by atoms with Crippen molar-refractivity contribution in [3.8, 4) is 0 Å². The summed E-state index contributed by atoms with van der Waals surface area (Å²) in [5, 5.41) is 3.32. The number of allylic oxidation sites excluding steroid dienone is 2. The van der Waals surface area contributed by atoms with Crippen molar-refractivity contribution in [3.63, 3.8) is 0 Å². The Kier molecular flexibility index (Phi) is 3.02. The van der Waals surface area contributed by atoms with Gasteiger partial charge in [-0.3, -0.25) is 0 Å². The lowest BCUT2D eigenvalue weighted by Crippen LogP contribution is -2.30. The summed E-state index contributed by atoms with van der Waals surface area (Å²) in [6.45, 7) is 7.41. The van der Waals surface area contributed by atoms with Crippen LogP contribution in [-0.2, 0) is 0 Å². The minimum Gasteiger partial charge on any atom is -0.430 e. The molecule has 0 saturated heterocycles. The molecule has 0 aromatic carbocycles. The van der Waals surface area contributed by atoms with Crippen LogP contribution in [0.5, 0.6) is 0 Å². The van der Waals surface area contributed by atoms with Crippen LogP contribution >= 0.6 is 0 Å². The standard InChI is InChI=1S/C10H18BN/c1-10(2,3)6-8-11-7-4-5-9-12-11/h4-5,7,9,12H,6,8H2,1-3H3. The van der Waals surface area contributed by atoms with Gasteiger partial charge >= 0.3 is 0 Å². The lowest BCUT2D eigenvalue weighted by atomic mass is 9.56. The molecule has 0 aliphatic carbocycles. The fourth-order valence-corrected chi connectivity index (χ4v) is 1.26. The molecule has 66 valence electrons. The second kappa shape index (κ2) is 3.84. The Bertz CT molecular complexity index is 189. The van der Waals surface area contributed by atoms with E-state index >= 15 is 0 Å². The van der Waals surface area contributed by atoms with Crippen LogP contribution in [0, 0.1) is 5.41 Å². The van der Waals surface area contributed by atoms with Gasteiger partial charge in [0.2, 0.25) is 0 Å². The molecule has 0 saturated carbocycles. The van der Waals surface area contributed by atoms with E-state index in [9.17, 15) is 0 Å². The summed E-state index contributed by atoms with van der Waals surface area (Å²) >= 11 is 0. The van der Waals surface area contributed by atoms with Crippen molar-refractivity contribution >= 4 is 6.85 Å². The first-order valence-corrected chi connectivity index (χ1v) is 4.67. The Morgan fingerprint density at radius 1 is 1.25 bits per heavy atom. The van der Waals surface area contributed by atoms with Crippen LogP contribution < -0.4 is 5.23 Å². The van der Waals surface area contributed by atoms with Crippen LogP contribution in [0.2, 0.25) is 6.32 Å². The summed E-state index contributed by atoms with van der Waals surface area (Å²) in [6.07, 6.45) is 8.66. The highest BCUT2D eigenvalue weighted by Gasteiger charge is 2.16. The zero-order valence-corrected chi connectivity index (χ0v) is 8.30. The topological polar surface area (TPSA) is 12.0 Å². The first-order chi connectivity index (χ1) is 5.58. The van der Waals surface area contributed by atoms with Crippen LogP contribution in [-0.4, -0.2) is 6.85 Å². The van der Waals surface area contributed by atoms with Crippen molar-refractivity contribution in [2.75, 3.05) is 0 Å². The molecule has 1 rings (SSSR count). The summed E-state index contributed by atoms with van der Waals surface area (Å²) in [6, 6.07) is 0. The Hall–Kier alpha value is -0.655. The predicted molar refractivity (Wildman–Crippen MR) is 56.0 cm³/mol. The van der Waals surface area contributed by atoms with Crippen LogP contribution in [0.4, 0.5) is 0 Å². The fourth-order valence-electron chi connectivity index (χ4n) is 1.26. The van der Waals surface area contributed by atoms with E-state index in [1.807, 2.05) is 12.3 Å². The highest BCUT2D eigenvalue weighted by Crippen LogP contribution is 2.21. The lowest BCUT2D eigenvalue weighted by Gasteiger charge is -2.20. The SMILES string of the molecule is CC(C)(C)CCB1C=CC=CN1. The molecule has 1 aliphatic heterocycles. The molecule has 0 radical (unpaired) electrons. The van der Waals surface area contributed by atoms with E-state index in [0.29, 0.717) is 12.3 Å². The third kappa shape index (κ3) is 3.65. The highest BCUT2D eigenvalue weighted by molar-refractivity contribution is 6.62. The van der Waals surface area contributed by atoms with E-state index in [2.05, 4.69) is 38.1 Å². The molecular weight excluding hydrogens is 145 g/mol. The average molecular weight is 163 g/mol. The van der Waals surface area contributed by atoms with Crippen LogP contribution in [0.1, 0.15) is 27.2 Å². The van der Waals surface area contributed by atoms with Gasteiger partial charge in [0.25, 0.3) is 6.85 Å². The molecule has 0 aromatic rings. The largest absolute Gasteiger partial charge is 0.430 e. The zero-order valence-electron chi connectivity index (χ0n) is 8.30. The molecule has 12 heavy (non-hydrogen) atoms. The maximum atomic E-state index is 3.32. The normalized spacial score (nSPS) is 16.4. The molecule has 1 nitrogen and oxygen atoms in total. The van der Waals surface area contributed by atoms with Crippen molar-refractivity contribution in [2.24, 2.45) is 5.41 Å². The molecule has 1 aliphatic rings. The van der Waals surface area contributed by atoms with E-state index in [-0.39, 0.29) is 0 Å². The van der Waals surface area contributed by atoms with Gasteiger partial charge < -0.3 is 5.23 Å². The van der Waals surface area contributed by atoms with E-state index in [0.717, 1.165) is 0 Å². The molecule has 0 aromatic heterocycles. The smallest absolute Gasteiger partial charge is 0.278 e. The van der Waals surface area contributed by atoms with Crippen LogP contribution in [0.15, 0.2) is 24.3 Å². The van der Waals surface area contributed by atoms with Gasteiger partial charge in [0, 0.05) is 0 Å². The summed E-state index contributed by atoms with van der Waals surface area (Å²) < 4.78 is 0. The van der Waals surface area contributed by atoms with Gasteiger partial charge in [0.1, 0.15) is 0 Å². The Morgan fingerprint density at radius 3 is 2.50 bits per heavy atom. The minimum atomic E-state index is 0.455. The van der Waals surface area contributed by atoms with E-state index in [4.69, 9.17) is 0 Å². The maximum Gasteiger partial charge on any atom is 0.278 e. The van der Waals surface area contributed by atoms with Crippen molar-refractivity contribution in [1.82, 2.24) is 5.23 Å². The monoisotopic (exact) mass is 163 g/mol. The second-order valence-corrected chi connectivity index (χ2v) is 4.62. The first-order valence-electron chi connectivity index (χ1n) is 4.67. The number of hydrogen-bond acceptors (Lipinski definition) is 1. The molecule has 0 bridgehead atoms. The third-order valence-corrected chi connectivity index (χ3v) is 2.07. The molecule has 0 spiro atoms. The quantitative estimate of drug-likeness (QED) is 0.617. The van der Waals surface area contributed by atoms with Crippen molar-refractivity contribution in [1.29, 1.82) is 0 Å².